The first-order chi connectivity index (χ1) is 25.8. The molecule has 0 radical (unpaired) electrons. The summed E-state index contributed by atoms with van der Waals surface area (Å²) in [4.78, 5) is 0. The van der Waals surface area contributed by atoms with Crippen LogP contribution in [0.15, 0.2) is 182 Å². The number of hydrogen-bond acceptors (Lipinski definition) is 0. The van der Waals surface area contributed by atoms with Crippen molar-refractivity contribution in [2.24, 2.45) is 0 Å². The van der Waals surface area contributed by atoms with Crippen LogP contribution in [0.1, 0.15) is 44.5 Å². The third-order valence-electron chi connectivity index (χ3n) is 8.79. The van der Waals surface area contributed by atoms with Gasteiger partial charge in [-0.25, -0.2) is 0 Å². The molecule has 0 aliphatic carbocycles. The van der Waals surface area contributed by atoms with Gasteiger partial charge in [-0.05, 0) is 105 Å². The molecule has 0 heterocycles. The van der Waals surface area contributed by atoms with Crippen molar-refractivity contribution in [3.8, 4) is 58.5 Å². The normalized spacial score (nSPS) is 10.1. The van der Waals surface area contributed by atoms with Crippen LogP contribution in [-0.2, 0) is 0 Å². The topological polar surface area (TPSA) is 0 Å². The van der Waals surface area contributed by atoms with Crippen LogP contribution in [0.2, 0.25) is 0 Å². The molecule has 8 aromatic rings. The van der Waals surface area contributed by atoms with Crippen LogP contribution in [0, 0.1) is 47.4 Å². The van der Waals surface area contributed by atoms with E-state index in [1.54, 1.807) is 0 Å². The maximum Gasteiger partial charge on any atom is 0.0412 e. The largest absolute Gasteiger partial charge is 0.0622 e. The first-order valence-corrected chi connectivity index (χ1v) is 17.2. The lowest BCUT2D eigenvalue weighted by molar-refractivity contribution is 1.59. The average Bonchev–Trinajstić information content (AvgIpc) is 3.21. The molecule has 0 saturated heterocycles. The maximum atomic E-state index is 3.46. The van der Waals surface area contributed by atoms with E-state index in [1.807, 2.05) is 121 Å². The molecule has 0 nitrogen and oxygen atoms in total. The lowest BCUT2D eigenvalue weighted by Gasteiger charge is -2.13. The summed E-state index contributed by atoms with van der Waals surface area (Å²) in [5, 5.41) is 4.43. The van der Waals surface area contributed by atoms with E-state index < -0.39 is 0 Å². The Kier molecular flexibility index (Phi) is 9.14. The van der Waals surface area contributed by atoms with Crippen molar-refractivity contribution in [1.29, 1.82) is 0 Å². The summed E-state index contributed by atoms with van der Waals surface area (Å²) in [7, 11) is 0. The van der Waals surface area contributed by atoms with E-state index >= 15 is 0 Å². The van der Waals surface area contributed by atoms with Gasteiger partial charge in [-0.15, -0.1) is 0 Å². The standard InChI is InChI=1S/C52H30/c1-5-15-39(16-6-1)27-31-43-35-47-23-13-25-49(51(47)37-45(43)33-29-41-19-9-3-10-20-41)50-26-14-24-48-36-44(32-28-40-17-7-2-8-18-40)46(38-52(48)50)34-30-42-21-11-4-12-22-42/h1-26,35-38H. The van der Waals surface area contributed by atoms with E-state index in [1.165, 1.54) is 0 Å². The van der Waals surface area contributed by atoms with E-state index in [-0.39, 0.29) is 0 Å². The van der Waals surface area contributed by atoms with E-state index in [0.29, 0.717) is 0 Å². The third kappa shape index (κ3) is 7.25. The summed E-state index contributed by atoms with van der Waals surface area (Å²) >= 11 is 0. The second-order valence-corrected chi connectivity index (χ2v) is 12.3. The van der Waals surface area contributed by atoms with E-state index in [0.717, 1.165) is 77.2 Å². The molecule has 0 unspecified atom stereocenters. The van der Waals surface area contributed by atoms with Crippen molar-refractivity contribution in [2.75, 3.05) is 0 Å². The van der Waals surface area contributed by atoms with Crippen LogP contribution in [-0.4, -0.2) is 0 Å². The third-order valence-corrected chi connectivity index (χ3v) is 8.79. The lowest BCUT2D eigenvalue weighted by Crippen LogP contribution is -1.91. The minimum Gasteiger partial charge on any atom is -0.0622 e. The fourth-order valence-corrected chi connectivity index (χ4v) is 6.18. The molecule has 0 bridgehead atoms. The monoisotopic (exact) mass is 654 g/mol. The molecule has 0 saturated carbocycles. The van der Waals surface area contributed by atoms with Crippen LogP contribution in [0.3, 0.4) is 0 Å². The number of rotatable bonds is 1. The molecule has 0 spiro atoms. The van der Waals surface area contributed by atoms with Gasteiger partial charge in [-0.2, -0.15) is 0 Å². The second-order valence-electron chi connectivity index (χ2n) is 12.3. The smallest absolute Gasteiger partial charge is 0.0412 e. The van der Waals surface area contributed by atoms with Gasteiger partial charge in [0.25, 0.3) is 0 Å². The molecule has 52 heavy (non-hydrogen) atoms. The predicted octanol–water partition coefficient (Wildman–Crippen LogP) is 11.3. The summed E-state index contributed by atoms with van der Waals surface area (Å²) in [6.45, 7) is 0. The van der Waals surface area contributed by atoms with Crippen molar-refractivity contribution < 1.29 is 0 Å². The highest BCUT2D eigenvalue weighted by Gasteiger charge is 2.12. The van der Waals surface area contributed by atoms with Gasteiger partial charge in [0.2, 0.25) is 0 Å². The Hall–Kier alpha value is -7.48. The van der Waals surface area contributed by atoms with Crippen LogP contribution in [0.4, 0.5) is 0 Å². The molecule has 8 aromatic carbocycles. The summed E-state index contributed by atoms with van der Waals surface area (Å²) in [6, 6.07) is 62.0. The minimum atomic E-state index is 0.889. The van der Waals surface area contributed by atoms with Crippen molar-refractivity contribution in [3.63, 3.8) is 0 Å². The van der Waals surface area contributed by atoms with Crippen molar-refractivity contribution >= 4 is 21.5 Å². The SMILES string of the molecule is C(#Cc1cc2cccc(-c3cccc4cc(C#Cc5ccccc5)c(C#Cc5ccccc5)cc34)c2cc1C#Cc1ccccc1)c1ccccc1. The van der Waals surface area contributed by atoms with Crippen LogP contribution in [0.25, 0.3) is 32.7 Å². The van der Waals surface area contributed by atoms with E-state index in [4.69, 9.17) is 0 Å². The molecule has 0 aromatic heterocycles. The van der Waals surface area contributed by atoms with Gasteiger partial charge in [-0.1, -0.05) is 157 Å². The first-order valence-electron chi connectivity index (χ1n) is 17.2. The lowest BCUT2D eigenvalue weighted by atomic mass is 9.90. The Morgan fingerprint density at radius 1 is 0.231 bits per heavy atom. The molecule has 0 N–H and O–H groups in total. The zero-order valence-corrected chi connectivity index (χ0v) is 28.3. The summed E-state index contributed by atoms with van der Waals surface area (Å²) < 4.78 is 0. The molecular formula is C52H30. The predicted molar refractivity (Wildman–Crippen MR) is 217 cm³/mol. The van der Waals surface area contributed by atoms with Gasteiger partial charge >= 0.3 is 0 Å². The Balaban J connectivity index is 1.31. The molecule has 8 rings (SSSR count). The van der Waals surface area contributed by atoms with Gasteiger partial charge in [0, 0.05) is 44.5 Å². The number of fused-ring (bicyclic) bond motifs is 2. The zero-order valence-electron chi connectivity index (χ0n) is 28.3. The Morgan fingerprint density at radius 3 is 0.827 bits per heavy atom. The van der Waals surface area contributed by atoms with Gasteiger partial charge in [-0.3, -0.25) is 0 Å². The van der Waals surface area contributed by atoms with Crippen LogP contribution in [0.5, 0.6) is 0 Å². The fraction of sp³-hybridized carbons (Fsp3) is 0. The van der Waals surface area contributed by atoms with Crippen molar-refractivity contribution in [2.45, 2.75) is 0 Å². The highest BCUT2D eigenvalue weighted by molar-refractivity contribution is 6.07. The van der Waals surface area contributed by atoms with Gasteiger partial charge in [0.05, 0.1) is 0 Å². The Labute approximate surface area is 305 Å². The first kappa shape index (κ1) is 31.8. The molecule has 0 aliphatic rings. The van der Waals surface area contributed by atoms with Crippen molar-refractivity contribution in [3.05, 3.63) is 226 Å². The van der Waals surface area contributed by atoms with Crippen LogP contribution >= 0.6 is 0 Å². The summed E-state index contributed by atoms with van der Waals surface area (Å²) in [5.74, 6) is 27.2. The van der Waals surface area contributed by atoms with Gasteiger partial charge in [0.1, 0.15) is 0 Å². The Morgan fingerprint density at radius 2 is 0.519 bits per heavy atom. The molecule has 0 fully saturated rings. The molecule has 0 atom stereocenters. The summed E-state index contributed by atoms with van der Waals surface area (Å²) in [6.07, 6.45) is 0. The average molecular weight is 655 g/mol. The maximum absolute atomic E-state index is 3.46. The fourth-order valence-electron chi connectivity index (χ4n) is 6.18. The summed E-state index contributed by atoms with van der Waals surface area (Å²) in [5.41, 5.74) is 9.67. The van der Waals surface area contributed by atoms with Crippen molar-refractivity contribution in [1.82, 2.24) is 0 Å². The Bertz CT molecular complexity index is 2620. The molecule has 0 amide bonds. The highest BCUT2D eigenvalue weighted by atomic mass is 14.1. The van der Waals surface area contributed by atoms with E-state index in [2.05, 4.69) is 108 Å². The quantitative estimate of drug-likeness (QED) is 0.155. The molecule has 0 aliphatic heterocycles. The highest BCUT2D eigenvalue weighted by Crippen LogP contribution is 2.36. The number of hydrogen-bond donors (Lipinski definition) is 0. The molecule has 238 valence electrons. The second kappa shape index (κ2) is 15.0. The van der Waals surface area contributed by atoms with Gasteiger partial charge in [0.15, 0.2) is 0 Å². The minimum absolute atomic E-state index is 0.889. The zero-order chi connectivity index (χ0) is 35.0. The van der Waals surface area contributed by atoms with Crippen LogP contribution < -0.4 is 0 Å². The van der Waals surface area contributed by atoms with Gasteiger partial charge < -0.3 is 0 Å². The number of benzene rings is 8. The molecular weight excluding hydrogens is 625 g/mol. The van der Waals surface area contributed by atoms with E-state index in [9.17, 15) is 0 Å². The molecule has 0 heteroatoms.